The first-order valence-corrected chi connectivity index (χ1v) is 3.44. The van der Waals surface area contributed by atoms with Gasteiger partial charge < -0.3 is 0 Å². The largest absolute Gasteiger partial charge is 0.283 e. The van der Waals surface area contributed by atoms with E-state index in [0.29, 0.717) is 5.02 Å². The summed E-state index contributed by atoms with van der Waals surface area (Å²) in [6, 6.07) is 1.34. The van der Waals surface area contributed by atoms with E-state index in [4.69, 9.17) is 35.0 Å². The summed E-state index contributed by atoms with van der Waals surface area (Å²) in [5.41, 5.74) is -0.465. The Morgan fingerprint density at radius 2 is 2.00 bits per heavy atom. The maximum atomic E-state index is 10.8. The molecule has 1 heterocycles. The molecule has 0 unspecified atom stereocenters. The summed E-state index contributed by atoms with van der Waals surface area (Å²) in [5, 5.41) is 0.349. The van der Waals surface area contributed by atoms with Crippen molar-refractivity contribution in [2.45, 2.75) is 0 Å². The van der Waals surface area contributed by atoms with Gasteiger partial charge in [-0.05, 0) is 6.07 Å². The van der Waals surface area contributed by atoms with Gasteiger partial charge in [-0.25, -0.2) is 4.09 Å². The summed E-state index contributed by atoms with van der Waals surface area (Å²) in [6.45, 7) is 0. The maximum Gasteiger partial charge on any atom is 0.283 e. The zero-order chi connectivity index (χ0) is 7.72. The van der Waals surface area contributed by atoms with E-state index in [2.05, 4.69) is 0 Å². The Morgan fingerprint density at radius 1 is 1.40 bits per heavy atom. The van der Waals surface area contributed by atoms with E-state index in [0.717, 1.165) is 4.09 Å². The van der Waals surface area contributed by atoms with Gasteiger partial charge in [0, 0.05) is 18.0 Å². The van der Waals surface area contributed by atoms with Gasteiger partial charge in [0.15, 0.2) is 0 Å². The molecule has 0 fully saturated rings. The van der Waals surface area contributed by atoms with Crippen molar-refractivity contribution in [2.24, 2.45) is 0 Å². The number of hydrogen-bond donors (Lipinski definition) is 0. The monoisotopic (exact) mass is 197 g/mol. The summed E-state index contributed by atoms with van der Waals surface area (Å²) >= 11 is 16.3. The Kier molecular flexibility index (Phi) is 2.24. The van der Waals surface area contributed by atoms with Crippen molar-refractivity contribution in [3.8, 4) is 0 Å². The molecule has 1 aromatic rings. The molecule has 0 N–H and O–H groups in total. The van der Waals surface area contributed by atoms with Gasteiger partial charge in [-0.3, -0.25) is 4.79 Å². The number of nitrogens with zero attached hydrogens (tertiary/aromatic N) is 1. The molecule has 0 aliphatic carbocycles. The molecular weight excluding hydrogens is 196 g/mol. The lowest BCUT2D eigenvalue weighted by Gasteiger charge is -1.94. The van der Waals surface area contributed by atoms with Crippen LogP contribution in [0.3, 0.4) is 0 Å². The highest BCUT2D eigenvalue weighted by atomic mass is 35.5. The second-order valence-electron chi connectivity index (χ2n) is 1.62. The molecule has 0 atom stereocenters. The minimum Gasteiger partial charge on any atom is -0.266 e. The van der Waals surface area contributed by atoms with E-state index < -0.39 is 5.56 Å². The molecule has 0 bridgehead atoms. The third-order valence-corrected chi connectivity index (χ3v) is 1.63. The van der Waals surface area contributed by atoms with Crippen molar-refractivity contribution in [3.63, 3.8) is 0 Å². The number of halogens is 3. The lowest BCUT2D eigenvalue weighted by molar-refractivity contribution is 1.13. The normalized spacial score (nSPS) is 9.90. The minimum atomic E-state index is -0.465. The van der Waals surface area contributed by atoms with Crippen LogP contribution in [0.1, 0.15) is 0 Å². The van der Waals surface area contributed by atoms with Crippen LogP contribution >= 0.6 is 35.0 Å². The Balaban J connectivity index is 3.46. The van der Waals surface area contributed by atoms with Crippen molar-refractivity contribution >= 4 is 35.0 Å². The summed E-state index contributed by atoms with van der Waals surface area (Å²) < 4.78 is 0.810. The summed E-state index contributed by atoms with van der Waals surface area (Å²) in [7, 11) is 0. The van der Waals surface area contributed by atoms with Gasteiger partial charge in [-0.15, -0.1) is 0 Å². The molecule has 54 valence electrons. The van der Waals surface area contributed by atoms with Gasteiger partial charge in [0.05, 0.1) is 5.02 Å². The Bertz CT molecular complexity index is 280. The van der Waals surface area contributed by atoms with Crippen LogP contribution < -0.4 is 5.56 Å². The Hall–Kier alpha value is -0.180. The Labute approximate surface area is 72.0 Å². The van der Waals surface area contributed by atoms with Crippen molar-refractivity contribution in [1.29, 1.82) is 0 Å². The number of pyridine rings is 1. The molecule has 0 aromatic carbocycles. The van der Waals surface area contributed by atoms with Crippen molar-refractivity contribution < 1.29 is 0 Å². The summed E-state index contributed by atoms with van der Waals surface area (Å²) in [5.74, 6) is 0. The number of rotatable bonds is 0. The molecule has 0 saturated heterocycles. The third-order valence-electron chi connectivity index (χ3n) is 0.900. The Morgan fingerprint density at radius 3 is 2.50 bits per heavy atom. The zero-order valence-corrected chi connectivity index (χ0v) is 6.91. The van der Waals surface area contributed by atoms with Crippen LogP contribution in [0.5, 0.6) is 0 Å². The fourth-order valence-electron chi connectivity index (χ4n) is 0.489. The van der Waals surface area contributed by atoms with Crippen LogP contribution in [0.25, 0.3) is 0 Å². The molecule has 2 nitrogen and oxygen atoms in total. The number of hydrogen-bond acceptors (Lipinski definition) is 1. The van der Waals surface area contributed by atoms with Gasteiger partial charge in [0.2, 0.25) is 0 Å². The highest BCUT2D eigenvalue weighted by molar-refractivity contribution is 6.34. The topological polar surface area (TPSA) is 22.0 Å². The van der Waals surface area contributed by atoms with Crippen LogP contribution in [-0.4, -0.2) is 4.09 Å². The van der Waals surface area contributed by atoms with Crippen LogP contribution in [0.2, 0.25) is 10.0 Å². The van der Waals surface area contributed by atoms with Crippen LogP contribution in [0.15, 0.2) is 17.1 Å². The predicted molar refractivity (Wildman–Crippen MR) is 42.0 cm³/mol. The van der Waals surface area contributed by atoms with E-state index >= 15 is 0 Å². The molecule has 1 rings (SSSR count). The molecule has 0 spiro atoms. The first-order valence-electron chi connectivity index (χ1n) is 2.35. The fourth-order valence-corrected chi connectivity index (χ4v) is 1.25. The maximum absolute atomic E-state index is 10.8. The van der Waals surface area contributed by atoms with Crippen LogP contribution in [0.4, 0.5) is 0 Å². The third kappa shape index (κ3) is 1.45. The molecular formula is C5H2Cl3NO. The van der Waals surface area contributed by atoms with Crippen molar-refractivity contribution in [3.05, 3.63) is 32.7 Å². The summed E-state index contributed by atoms with van der Waals surface area (Å²) in [6.07, 6.45) is 1.28. The lowest BCUT2D eigenvalue weighted by atomic mass is 10.5. The van der Waals surface area contributed by atoms with E-state index in [9.17, 15) is 4.79 Å². The molecule has 0 aliphatic heterocycles. The summed E-state index contributed by atoms with van der Waals surface area (Å²) in [4.78, 5) is 10.8. The SMILES string of the molecule is O=c1c(Cl)cc(Cl)cn1Cl. The van der Waals surface area contributed by atoms with E-state index in [1.54, 1.807) is 0 Å². The zero-order valence-electron chi connectivity index (χ0n) is 4.64. The van der Waals surface area contributed by atoms with Gasteiger partial charge >= 0.3 is 0 Å². The van der Waals surface area contributed by atoms with Gasteiger partial charge in [0.25, 0.3) is 5.56 Å². The van der Waals surface area contributed by atoms with Gasteiger partial charge in [-0.2, -0.15) is 0 Å². The van der Waals surface area contributed by atoms with Crippen molar-refractivity contribution in [2.75, 3.05) is 0 Å². The fraction of sp³-hybridized carbons (Fsp3) is 0. The highest BCUT2D eigenvalue weighted by Gasteiger charge is 1.99. The van der Waals surface area contributed by atoms with E-state index in [-0.39, 0.29) is 5.02 Å². The smallest absolute Gasteiger partial charge is 0.266 e. The van der Waals surface area contributed by atoms with E-state index in [1.807, 2.05) is 0 Å². The molecule has 10 heavy (non-hydrogen) atoms. The van der Waals surface area contributed by atoms with Gasteiger partial charge in [0.1, 0.15) is 5.02 Å². The second-order valence-corrected chi connectivity index (χ2v) is 2.83. The lowest BCUT2D eigenvalue weighted by Crippen LogP contribution is -2.11. The van der Waals surface area contributed by atoms with E-state index in [1.165, 1.54) is 12.3 Å². The molecule has 0 amide bonds. The minimum absolute atomic E-state index is 0.0162. The van der Waals surface area contributed by atoms with Crippen LogP contribution in [0, 0.1) is 0 Å². The number of aromatic nitrogens is 1. The average Bonchev–Trinajstić information content (AvgIpc) is 1.82. The molecule has 0 saturated carbocycles. The average molecular weight is 198 g/mol. The van der Waals surface area contributed by atoms with Crippen LogP contribution in [-0.2, 0) is 0 Å². The van der Waals surface area contributed by atoms with Crippen molar-refractivity contribution in [1.82, 2.24) is 4.09 Å². The highest BCUT2D eigenvalue weighted by Crippen LogP contribution is 2.11. The first-order chi connectivity index (χ1) is 4.61. The second kappa shape index (κ2) is 2.82. The standard InChI is InChI=1S/C5H2Cl3NO/c6-3-1-4(7)5(10)9(8)2-3/h1-2H. The van der Waals surface area contributed by atoms with Gasteiger partial charge in [-0.1, -0.05) is 23.2 Å². The first kappa shape index (κ1) is 7.92. The molecule has 0 radical (unpaired) electrons. The quantitative estimate of drug-likeness (QED) is 0.626. The molecule has 0 aliphatic rings. The predicted octanol–water partition coefficient (Wildman–Crippen LogP) is 2.16. The molecule has 1 aromatic heterocycles. The molecule has 5 heteroatoms.